The first-order valence-electron chi connectivity index (χ1n) is 11.6. The SMILES string of the molecule is O=C(Cn1cc(Cl)cc(C(F)(F)F)c1=O)N1CCN(c2nc(C3=NOC(c4c(Cl)cccc4Cl)C3)cs2)CC1. The number of thiazole rings is 1. The van der Waals surface area contributed by atoms with Crippen LogP contribution in [0.25, 0.3) is 0 Å². The summed E-state index contributed by atoms with van der Waals surface area (Å²) in [6.07, 6.45) is -3.80. The number of carbonyl (C=O) groups is 1. The number of hydrogen-bond acceptors (Lipinski definition) is 7. The van der Waals surface area contributed by atoms with Gasteiger partial charge >= 0.3 is 6.18 Å². The molecular formula is C24H19Cl3F3N5O3S. The van der Waals surface area contributed by atoms with E-state index in [1.807, 2.05) is 10.3 Å². The number of alkyl halides is 3. The van der Waals surface area contributed by atoms with Crippen molar-refractivity contribution in [1.29, 1.82) is 0 Å². The third-order valence-corrected chi connectivity index (χ3v) is 8.11. The van der Waals surface area contributed by atoms with Gasteiger partial charge in [-0.1, -0.05) is 46.0 Å². The molecule has 1 amide bonds. The maximum Gasteiger partial charge on any atom is 0.421 e. The van der Waals surface area contributed by atoms with Crippen LogP contribution in [0.3, 0.4) is 0 Å². The number of nitrogens with zero attached hydrogens (tertiary/aromatic N) is 5. The summed E-state index contributed by atoms with van der Waals surface area (Å²) in [6, 6.07) is 5.79. The van der Waals surface area contributed by atoms with E-state index in [1.165, 1.54) is 16.2 Å². The first-order chi connectivity index (χ1) is 18.5. The summed E-state index contributed by atoms with van der Waals surface area (Å²) in [4.78, 5) is 38.8. The molecule has 206 valence electrons. The molecule has 2 aliphatic heterocycles. The maximum absolute atomic E-state index is 13.1. The van der Waals surface area contributed by atoms with Crippen molar-refractivity contribution in [2.24, 2.45) is 5.16 Å². The highest BCUT2D eigenvalue weighted by Crippen LogP contribution is 2.38. The Labute approximate surface area is 239 Å². The number of benzene rings is 1. The molecule has 2 aromatic heterocycles. The number of halogens is 6. The second-order valence-corrected chi connectivity index (χ2v) is 10.9. The molecule has 1 fully saturated rings. The van der Waals surface area contributed by atoms with Gasteiger partial charge < -0.3 is 19.2 Å². The molecule has 8 nitrogen and oxygen atoms in total. The summed E-state index contributed by atoms with van der Waals surface area (Å²) in [5, 5.41) is 7.50. The molecular weight excluding hydrogens is 602 g/mol. The molecule has 3 aromatic rings. The highest BCUT2D eigenvalue weighted by molar-refractivity contribution is 7.14. The van der Waals surface area contributed by atoms with Crippen molar-refractivity contribution in [2.45, 2.75) is 25.2 Å². The van der Waals surface area contributed by atoms with Crippen molar-refractivity contribution in [1.82, 2.24) is 14.5 Å². The van der Waals surface area contributed by atoms with Crippen LogP contribution in [0.4, 0.5) is 18.3 Å². The number of carbonyl (C=O) groups excluding carboxylic acids is 1. The van der Waals surface area contributed by atoms with Crippen molar-refractivity contribution < 1.29 is 22.8 Å². The highest BCUT2D eigenvalue weighted by atomic mass is 35.5. The number of hydrogen-bond donors (Lipinski definition) is 0. The van der Waals surface area contributed by atoms with E-state index in [1.54, 1.807) is 18.2 Å². The molecule has 1 atom stereocenters. The van der Waals surface area contributed by atoms with Gasteiger partial charge in [-0.3, -0.25) is 9.59 Å². The lowest BCUT2D eigenvalue weighted by molar-refractivity contribution is -0.139. The number of amides is 1. The first kappa shape index (κ1) is 27.8. The Kier molecular flexibility index (Phi) is 7.82. The zero-order valence-electron chi connectivity index (χ0n) is 19.9. The van der Waals surface area contributed by atoms with Gasteiger partial charge in [0.05, 0.1) is 5.02 Å². The Bertz CT molecular complexity index is 1480. The van der Waals surface area contributed by atoms with Crippen LogP contribution in [0.2, 0.25) is 15.1 Å². The minimum atomic E-state index is -4.87. The van der Waals surface area contributed by atoms with E-state index >= 15 is 0 Å². The van der Waals surface area contributed by atoms with E-state index in [2.05, 4.69) is 10.1 Å². The average molecular weight is 621 g/mol. The predicted octanol–water partition coefficient (Wildman–Crippen LogP) is 5.50. The van der Waals surface area contributed by atoms with Crippen LogP contribution in [0, 0.1) is 0 Å². The van der Waals surface area contributed by atoms with Crippen LogP contribution >= 0.6 is 46.1 Å². The fourth-order valence-electron chi connectivity index (χ4n) is 4.36. The molecule has 0 N–H and O–H groups in total. The second-order valence-electron chi connectivity index (χ2n) is 8.86. The molecule has 39 heavy (non-hydrogen) atoms. The molecule has 0 radical (unpaired) electrons. The number of piperazine rings is 1. The number of oxime groups is 1. The quantitative estimate of drug-likeness (QED) is 0.377. The number of aromatic nitrogens is 2. The minimum absolute atomic E-state index is 0.280. The topological polar surface area (TPSA) is 80.0 Å². The summed E-state index contributed by atoms with van der Waals surface area (Å²) in [6.45, 7) is 0.995. The smallest absolute Gasteiger partial charge is 0.387 e. The van der Waals surface area contributed by atoms with Crippen molar-refractivity contribution in [3.05, 3.63) is 78.1 Å². The molecule has 2 aliphatic rings. The molecule has 0 aliphatic carbocycles. The van der Waals surface area contributed by atoms with Gasteiger partial charge in [0, 0.05) is 59.8 Å². The van der Waals surface area contributed by atoms with Crippen molar-refractivity contribution in [3.63, 3.8) is 0 Å². The largest absolute Gasteiger partial charge is 0.421 e. The molecule has 4 heterocycles. The Morgan fingerprint density at radius 3 is 2.49 bits per heavy atom. The maximum atomic E-state index is 13.1. The van der Waals surface area contributed by atoms with E-state index < -0.39 is 35.9 Å². The van der Waals surface area contributed by atoms with E-state index in [0.717, 1.165) is 11.3 Å². The minimum Gasteiger partial charge on any atom is -0.387 e. The number of pyridine rings is 1. The van der Waals surface area contributed by atoms with Crippen LogP contribution in [0.15, 0.2) is 45.8 Å². The summed E-state index contributed by atoms with van der Waals surface area (Å²) in [5.74, 6) is -0.478. The lowest BCUT2D eigenvalue weighted by Crippen LogP contribution is -2.50. The third kappa shape index (κ3) is 5.88. The van der Waals surface area contributed by atoms with Gasteiger partial charge in [-0.15, -0.1) is 11.3 Å². The Morgan fingerprint density at radius 1 is 1.13 bits per heavy atom. The van der Waals surface area contributed by atoms with E-state index in [9.17, 15) is 22.8 Å². The third-order valence-electron chi connectivity index (χ3n) is 6.34. The first-order valence-corrected chi connectivity index (χ1v) is 13.6. The lowest BCUT2D eigenvalue weighted by Gasteiger charge is -2.34. The van der Waals surface area contributed by atoms with Crippen LogP contribution in [0.5, 0.6) is 0 Å². The van der Waals surface area contributed by atoms with Crippen LogP contribution in [-0.2, 0) is 22.4 Å². The van der Waals surface area contributed by atoms with Gasteiger partial charge in [0.2, 0.25) is 5.91 Å². The monoisotopic (exact) mass is 619 g/mol. The molecule has 1 unspecified atom stereocenters. The normalized spacial score (nSPS) is 17.8. The summed E-state index contributed by atoms with van der Waals surface area (Å²) < 4.78 is 40.1. The Morgan fingerprint density at radius 2 is 1.82 bits per heavy atom. The van der Waals surface area contributed by atoms with Crippen LogP contribution in [0.1, 0.15) is 29.3 Å². The fourth-order valence-corrected chi connectivity index (χ4v) is 6.11. The molecule has 5 rings (SSSR count). The Hall–Kier alpha value is -2.80. The lowest BCUT2D eigenvalue weighted by atomic mass is 10.0. The zero-order chi connectivity index (χ0) is 27.9. The molecule has 0 saturated carbocycles. The zero-order valence-corrected chi connectivity index (χ0v) is 23.0. The van der Waals surface area contributed by atoms with Gasteiger partial charge in [0.1, 0.15) is 23.5 Å². The van der Waals surface area contributed by atoms with Crippen molar-refractivity contribution in [2.75, 3.05) is 31.1 Å². The summed E-state index contributed by atoms with van der Waals surface area (Å²) >= 11 is 19.8. The second kappa shape index (κ2) is 11.0. The average Bonchev–Trinajstić information content (AvgIpc) is 3.56. The van der Waals surface area contributed by atoms with Crippen LogP contribution < -0.4 is 10.5 Å². The van der Waals surface area contributed by atoms with Gasteiger partial charge in [-0.2, -0.15) is 13.2 Å². The highest BCUT2D eigenvalue weighted by Gasteiger charge is 2.35. The van der Waals surface area contributed by atoms with Gasteiger partial charge in [0.25, 0.3) is 5.56 Å². The van der Waals surface area contributed by atoms with Gasteiger partial charge in [-0.05, 0) is 18.2 Å². The predicted molar refractivity (Wildman–Crippen MR) is 143 cm³/mol. The molecule has 1 saturated heterocycles. The Balaban J connectivity index is 1.19. The molecule has 1 aromatic carbocycles. The van der Waals surface area contributed by atoms with E-state index in [4.69, 9.17) is 39.6 Å². The van der Waals surface area contributed by atoms with Crippen molar-refractivity contribution in [3.8, 4) is 0 Å². The van der Waals surface area contributed by atoms with Gasteiger partial charge in [-0.25, -0.2) is 4.98 Å². The van der Waals surface area contributed by atoms with Gasteiger partial charge in [0.15, 0.2) is 11.2 Å². The summed E-state index contributed by atoms with van der Waals surface area (Å²) in [7, 11) is 0. The van der Waals surface area contributed by atoms with E-state index in [0.29, 0.717) is 70.2 Å². The number of rotatable bonds is 5. The van der Waals surface area contributed by atoms with Crippen molar-refractivity contribution >= 4 is 62.9 Å². The molecule has 0 bridgehead atoms. The van der Waals surface area contributed by atoms with Crippen LogP contribution in [-0.4, -0.2) is 52.2 Å². The molecule has 0 spiro atoms. The standard InChI is InChI=1S/C24H19Cl3F3N5O3S/c25-13-8-14(24(28,29)30)22(37)35(10-13)11-20(36)33-4-6-34(7-5-33)23-31-18(12-39-23)17-9-19(38-32-17)21-15(26)2-1-3-16(21)27/h1-3,8,10,12,19H,4-7,9,11H2. The summed E-state index contributed by atoms with van der Waals surface area (Å²) in [5.41, 5.74) is -0.722. The number of anilines is 1. The molecule has 15 heteroatoms. The fraction of sp³-hybridized carbons (Fsp3) is 0.333. The van der Waals surface area contributed by atoms with E-state index in [-0.39, 0.29) is 5.02 Å².